The molecule has 2 rings (SSSR count). The van der Waals surface area contributed by atoms with Gasteiger partial charge in [-0.1, -0.05) is 6.92 Å². The van der Waals surface area contributed by atoms with Crippen molar-refractivity contribution in [3.63, 3.8) is 0 Å². The van der Waals surface area contributed by atoms with Gasteiger partial charge in [-0.15, -0.1) is 0 Å². The SMILES string of the molecule is CNc1ncc(F)c(NCC2(C)CCOCC2)n1. The highest BCUT2D eigenvalue weighted by Gasteiger charge is 2.27. The van der Waals surface area contributed by atoms with Crippen molar-refractivity contribution in [2.24, 2.45) is 5.41 Å². The maximum absolute atomic E-state index is 13.5. The van der Waals surface area contributed by atoms with Crippen molar-refractivity contribution in [2.75, 3.05) is 37.4 Å². The number of nitrogens with one attached hydrogen (secondary N) is 2. The van der Waals surface area contributed by atoms with E-state index < -0.39 is 5.82 Å². The van der Waals surface area contributed by atoms with Gasteiger partial charge in [-0.3, -0.25) is 0 Å². The Morgan fingerprint density at radius 2 is 2.17 bits per heavy atom. The number of halogens is 1. The maximum Gasteiger partial charge on any atom is 0.224 e. The van der Waals surface area contributed by atoms with E-state index in [2.05, 4.69) is 27.5 Å². The van der Waals surface area contributed by atoms with Crippen molar-refractivity contribution in [2.45, 2.75) is 19.8 Å². The molecule has 1 aromatic heterocycles. The summed E-state index contributed by atoms with van der Waals surface area (Å²) in [4.78, 5) is 7.88. The summed E-state index contributed by atoms with van der Waals surface area (Å²) in [6.07, 6.45) is 3.13. The highest BCUT2D eigenvalue weighted by Crippen LogP contribution is 2.30. The van der Waals surface area contributed by atoms with Crippen molar-refractivity contribution in [3.8, 4) is 0 Å². The van der Waals surface area contributed by atoms with E-state index in [0.29, 0.717) is 12.5 Å². The molecule has 0 radical (unpaired) electrons. The van der Waals surface area contributed by atoms with Gasteiger partial charge in [-0.25, -0.2) is 9.37 Å². The number of hydrogen-bond donors (Lipinski definition) is 2. The van der Waals surface area contributed by atoms with Crippen LogP contribution in [0, 0.1) is 11.2 Å². The number of hydrogen-bond acceptors (Lipinski definition) is 5. The topological polar surface area (TPSA) is 59.1 Å². The first kappa shape index (κ1) is 13.0. The molecule has 0 atom stereocenters. The summed E-state index contributed by atoms with van der Waals surface area (Å²) >= 11 is 0. The molecule has 0 unspecified atom stereocenters. The largest absolute Gasteiger partial charge is 0.381 e. The number of rotatable bonds is 4. The van der Waals surface area contributed by atoms with E-state index in [1.165, 1.54) is 6.20 Å². The van der Waals surface area contributed by atoms with Crippen LogP contribution in [0.5, 0.6) is 0 Å². The first-order chi connectivity index (χ1) is 8.63. The molecule has 1 fully saturated rings. The van der Waals surface area contributed by atoms with Gasteiger partial charge in [0.25, 0.3) is 0 Å². The third-order valence-electron chi connectivity index (χ3n) is 3.35. The lowest BCUT2D eigenvalue weighted by molar-refractivity contribution is 0.0299. The number of aromatic nitrogens is 2. The van der Waals surface area contributed by atoms with Crippen LogP contribution < -0.4 is 10.6 Å². The molecular formula is C12H19FN4O. The van der Waals surface area contributed by atoms with Gasteiger partial charge in [-0.2, -0.15) is 4.98 Å². The molecule has 1 saturated heterocycles. The molecular weight excluding hydrogens is 235 g/mol. The Hall–Kier alpha value is -1.43. The lowest BCUT2D eigenvalue weighted by atomic mass is 9.82. The fourth-order valence-corrected chi connectivity index (χ4v) is 1.95. The molecule has 1 aliphatic heterocycles. The van der Waals surface area contributed by atoms with E-state index in [1.807, 2.05) is 0 Å². The summed E-state index contributed by atoms with van der Waals surface area (Å²) in [5, 5.41) is 5.87. The van der Waals surface area contributed by atoms with E-state index in [-0.39, 0.29) is 11.2 Å². The molecule has 2 N–H and O–H groups in total. The molecule has 5 nitrogen and oxygen atoms in total. The molecule has 1 aromatic rings. The van der Waals surface area contributed by atoms with Crippen LogP contribution in [0.15, 0.2) is 6.20 Å². The third kappa shape index (κ3) is 3.07. The predicted molar refractivity (Wildman–Crippen MR) is 68.2 cm³/mol. The minimum atomic E-state index is -0.426. The summed E-state index contributed by atoms with van der Waals surface area (Å²) in [7, 11) is 1.71. The number of nitrogens with zero attached hydrogens (tertiary/aromatic N) is 2. The summed E-state index contributed by atoms with van der Waals surface area (Å²) in [5.41, 5.74) is 0.134. The highest BCUT2D eigenvalue weighted by molar-refractivity contribution is 5.40. The quantitative estimate of drug-likeness (QED) is 0.859. The van der Waals surface area contributed by atoms with Crippen molar-refractivity contribution in [1.82, 2.24) is 9.97 Å². The predicted octanol–water partition coefficient (Wildman–Crippen LogP) is 1.89. The van der Waals surface area contributed by atoms with Gasteiger partial charge in [0.05, 0.1) is 6.20 Å². The minimum Gasteiger partial charge on any atom is -0.381 e. The Balaban J connectivity index is 2.00. The molecule has 2 heterocycles. The van der Waals surface area contributed by atoms with Crippen LogP contribution in [0.25, 0.3) is 0 Å². The van der Waals surface area contributed by atoms with Crippen LogP contribution in [-0.2, 0) is 4.74 Å². The van der Waals surface area contributed by atoms with Gasteiger partial charge >= 0.3 is 0 Å². The van der Waals surface area contributed by atoms with Gasteiger partial charge in [0, 0.05) is 26.8 Å². The van der Waals surface area contributed by atoms with Crippen LogP contribution in [0.3, 0.4) is 0 Å². The van der Waals surface area contributed by atoms with E-state index in [4.69, 9.17) is 4.74 Å². The second kappa shape index (κ2) is 5.48. The maximum atomic E-state index is 13.5. The second-order valence-electron chi connectivity index (χ2n) is 4.92. The van der Waals surface area contributed by atoms with Crippen LogP contribution in [0.4, 0.5) is 16.2 Å². The van der Waals surface area contributed by atoms with Crippen LogP contribution in [0.2, 0.25) is 0 Å². The van der Waals surface area contributed by atoms with Crippen LogP contribution in [0.1, 0.15) is 19.8 Å². The van der Waals surface area contributed by atoms with Gasteiger partial charge < -0.3 is 15.4 Å². The molecule has 0 saturated carbocycles. The smallest absolute Gasteiger partial charge is 0.224 e. The molecule has 0 aromatic carbocycles. The van der Waals surface area contributed by atoms with Gasteiger partial charge in [0.2, 0.25) is 5.95 Å². The van der Waals surface area contributed by atoms with Crippen molar-refractivity contribution < 1.29 is 9.13 Å². The molecule has 0 amide bonds. The zero-order chi connectivity index (χ0) is 13.0. The molecule has 18 heavy (non-hydrogen) atoms. The summed E-state index contributed by atoms with van der Waals surface area (Å²) < 4.78 is 18.9. The fourth-order valence-electron chi connectivity index (χ4n) is 1.95. The number of ether oxygens (including phenoxy) is 1. The van der Waals surface area contributed by atoms with Crippen molar-refractivity contribution in [3.05, 3.63) is 12.0 Å². The minimum absolute atomic E-state index is 0.134. The fraction of sp³-hybridized carbons (Fsp3) is 0.667. The summed E-state index contributed by atoms with van der Waals surface area (Å²) in [6, 6.07) is 0. The first-order valence-corrected chi connectivity index (χ1v) is 6.15. The molecule has 6 heteroatoms. The average molecular weight is 254 g/mol. The Bertz CT molecular complexity index is 407. The van der Waals surface area contributed by atoms with Crippen LogP contribution in [-0.4, -0.2) is 36.8 Å². The van der Waals surface area contributed by atoms with E-state index in [0.717, 1.165) is 26.1 Å². The molecule has 0 aliphatic carbocycles. The summed E-state index contributed by atoms with van der Waals surface area (Å²) in [6.45, 7) is 4.41. The standard InChI is InChI=1S/C12H19FN4O/c1-12(3-5-18-6-4-12)8-16-10-9(13)7-15-11(14-2)17-10/h7H,3-6,8H2,1-2H3,(H2,14,15,16,17). The lowest BCUT2D eigenvalue weighted by Gasteiger charge is -2.33. The first-order valence-electron chi connectivity index (χ1n) is 6.15. The van der Waals surface area contributed by atoms with E-state index >= 15 is 0 Å². The Kier molecular flexibility index (Phi) is 3.96. The lowest BCUT2D eigenvalue weighted by Crippen LogP contribution is -2.33. The Labute approximate surface area is 106 Å². The van der Waals surface area contributed by atoms with E-state index in [9.17, 15) is 4.39 Å². The van der Waals surface area contributed by atoms with Crippen molar-refractivity contribution in [1.29, 1.82) is 0 Å². The molecule has 0 spiro atoms. The molecule has 1 aliphatic rings. The monoisotopic (exact) mass is 254 g/mol. The zero-order valence-electron chi connectivity index (χ0n) is 10.8. The Morgan fingerprint density at radius 3 is 2.83 bits per heavy atom. The average Bonchev–Trinajstić information content (AvgIpc) is 2.39. The molecule has 100 valence electrons. The second-order valence-corrected chi connectivity index (χ2v) is 4.92. The van der Waals surface area contributed by atoms with Gasteiger partial charge in [0.15, 0.2) is 11.6 Å². The third-order valence-corrected chi connectivity index (χ3v) is 3.35. The van der Waals surface area contributed by atoms with Gasteiger partial charge in [-0.05, 0) is 18.3 Å². The zero-order valence-corrected chi connectivity index (χ0v) is 10.8. The van der Waals surface area contributed by atoms with Crippen LogP contribution >= 0.6 is 0 Å². The summed E-state index contributed by atoms with van der Waals surface area (Å²) in [5.74, 6) is 0.239. The number of anilines is 2. The van der Waals surface area contributed by atoms with Crippen molar-refractivity contribution >= 4 is 11.8 Å². The Morgan fingerprint density at radius 1 is 1.44 bits per heavy atom. The van der Waals surface area contributed by atoms with E-state index in [1.54, 1.807) is 7.05 Å². The highest BCUT2D eigenvalue weighted by atomic mass is 19.1. The molecule has 0 bridgehead atoms. The van der Waals surface area contributed by atoms with Gasteiger partial charge in [0.1, 0.15) is 0 Å². The normalized spacial score (nSPS) is 18.4.